The quantitative estimate of drug-likeness (QED) is 0.453. The molecule has 3 amide bonds. The van der Waals surface area contributed by atoms with Gasteiger partial charge in [-0.2, -0.15) is 0 Å². The summed E-state index contributed by atoms with van der Waals surface area (Å²) in [5.74, 6) is -3.60. The van der Waals surface area contributed by atoms with Gasteiger partial charge in [0.25, 0.3) is 5.91 Å². The van der Waals surface area contributed by atoms with E-state index in [-0.39, 0.29) is 23.3 Å². The van der Waals surface area contributed by atoms with Gasteiger partial charge in [0.1, 0.15) is 5.82 Å². The average molecular weight is 491 g/mol. The molecule has 2 fully saturated rings. The van der Waals surface area contributed by atoms with E-state index in [4.69, 9.17) is 11.6 Å². The Balaban J connectivity index is 1.68. The first-order valence-corrected chi connectivity index (χ1v) is 11.9. The Labute approximate surface area is 208 Å². The molecule has 0 radical (unpaired) electrons. The molecule has 35 heavy (non-hydrogen) atoms. The number of benzene rings is 3. The maximum atomic E-state index is 14.7. The van der Waals surface area contributed by atoms with E-state index in [1.54, 1.807) is 59.5 Å². The van der Waals surface area contributed by atoms with Gasteiger partial charge in [0.05, 0.1) is 29.1 Å². The van der Waals surface area contributed by atoms with Crippen LogP contribution in [0.4, 0.5) is 10.1 Å². The summed E-state index contributed by atoms with van der Waals surface area (Å²) in [5.41, 5.74) is 1.09. The number of anilines is 1. The van der Waals surface area contributed by atoms with Gasteiger partial charge in [0, 0.05) is 11.1 Å². The van der Waals surface area contributed by atoms with Crippen LogP contribution in [0.25, 0.3) is 0 Å². The standard InChI is InChI=1S/C28H24ClFN2O3/c1-16(2)24-22-23(28(35)31(27(22)34)19-8-4-3-5-9-19)25(17-12-14-18(29)15-13-17)32(24)26(33)20-10-6-7-11-21(20)30/h3-16,22-25H,1-2H3. The number of carbonyl (C=O) groups is 3. The van der Waals surface area contributed by atoms with Gasteiger partial charge < -0.3 is 4.90 Å². The van der Waals surface area contributed by atoms with Crippen LogP contribution >= 0.6 is 11.6 Å². The minimum Gasteiger partial charge on any atom is -0.327 e. The van der Waals surface area contributed by atoms with Gasteiger partial charge in [0.15, 0.2) is 0 Å². The maximum Gasteiger partial charge on any atom is 0.257 e. The van der Waals surface area contributed by atoms with Gasteiger partial charge in [-0.25, -0.2) is 9.29 Å². The second-order valence-corrected chi connectivity index (χ2v) is 9.76. The number of rotatable bonds is 4. The van der Waals surface area contributed by atoms with E-state index >= 15 is 0 Å². The van der Waals surface area contributed by atoms with E-state index in [0.29, 0.717) is 16.3 Å². The summed E-state index contributed by atoms with van der Waals surface area (Å²) in [6, 6.07) is 20.2. The highest BCUT2D eigenvalue weighted by Crippen LogP contribution is 2.53. The van der Waals surface area contributed by atoms with Crippen molar-refractivity contribution in [1.82, 2.24) is 4.90 Å². The number of fused-ring (bicyclic) bond motifs is 1. The number of amides is 3. The summed E-state index contributed by atoms with van der Waals surface area (Å²) in [4.78, 5) is 44.3. The highest BCUT2D eigenvalue weighted by atomic mass is 35.5. The lowest BCUT2D eigenvalue weighted by molar-refractivity contribution is -0.124. The Kier molecular flexibility index (Phi) is 5.93. The van der Waals surface area contributed by atoms with Crippen molar-refractivity contribution >= 4 is 35.0 Å². The monoisotopic (exact) mass is 490 g/mol. The summed E-state index contributed by atoms with van der Waals surface area (Å²) in [6.45, 7) is 3.83. The van der Waals surface area contributed by atoms with Crippen LogP contribution in [0, 0.1) is 23.6 Å². The molecule has 0 bridgehead atoms. The van der Waals surface area contributed by atoms with Crippen molar-refractivity contribution in [2.45, 2.75) is 25.9 Å². The molecule has 3 aromatic carbocycles. The van der Waals surface area contributed by atoms with Crippen molar-refractivity contribution in [1.29, 1.82) is 0 Å². The lowest BCUT2D eigenvalue weighted by Gasteiger charge is -2.36. The molecule has 5 nitrogen and oxygen atoms in total. The fourth-order valence-electron chi connectivity index (χ4n) is 5.57. The summed E-state index contributed by atoms with van der Waals surface area (Å²) in [7, 11) is 0. The Morgan fingerprint density at radius 2 is 1.46 bits per heavy atom. The molecule has 0 spiro atoms. The van der Waals surface area contributed by atoms with Crippen molar-refractivity contribution in [2.75, 3.05) is 4.90 Å². The molecule has 3 aromatic rings. The SMILES string of the molecule is CC(C)C1C2C(=O)N(c3ccccc3)C(=O)C2C(c2ccc(Cl)cc2)N1C(=O)c1ccccc1F. The Morgan fingerprint density at radius 1 is 0.857 bits per heavy atom. The second kappa shape index (κ2) is 8.93. The first-order valence-electron chi connectivity index (χ1n) is 11.6. The molecule has 0 aromatic heterocycles. The number of hydrogen-bond donors (Lipinski definition) is 0. The lowest BCUT2D eigenvalue weighted by atomic mass is 9.83. The van der Waals surface area contributed by atoms with Crippen molar-refractivity contribution < 1.29 is 18.8 Å². The molecule has 2 aliphatic heterocycles. The zero-order chi connectivity index (χ0) is 24.9. The fourth-order valence-corrected chi connectivity index (χ4v) is 5.69. The lowest BCUT2D eigenvalue weighted by Crippen LogP contribution is -2.47. The van der Waals surface area contributed by atoms with Crippen molar-refractivity contribution in [3.05, 3.63) is 101 Å². The highest BCUT2D eigenvalue weighted by Gasteiger charge is 2.64. The number of carbonyl (C=O) groups excluding carboxylic acids is 3. The van der Waals surface area contributed by atoms with Crippen molar-refractivity contribution in [2.24, 2.45) is 17.8 Å². The van der Waals surface area contributed by atoms with Gasteiger partial charge in [0.2, 0.25) is 11.8 Å². The number of hydrogen-bond acceptors (Lipinski definition) is 3. The largest absolute Gasteiger partial charge is 0.327 e. The van der Waals surface area contributed by atoms with Crippen LogP contribution in [0.1, 0.15) is 35.8 Å². The topological polar surface area (TPSA) is 57.7 Å². The molecule has 4 unspecified atom stereocenters. The molecule has 2 heterocycles. The number of likely N-dealkylation sites (tertiary alicyclic amines) is 1. The number of imide groups is 1. The highest BCUT2D eigenvalue weighted by molar-refractivity contribution is 6.30. The molecule has 178 valence electrons. The average Bonchev–Trinajstić information content (AvgIpc) is 3.33. The van der Waals surface area contributed by atoms with Gasteiger partial charge >= 0.3 is 0 Å². The molecule has 7 heteroatoms. The Hall–Kier alpha value is -3.51. The predicted octanol–water partition coefficient (Wildman–Crippen LogP) is 5.51. The minimum absolute atomic E-state index is 0.0862. The van der Waals surface area contributed by atoms with Crippen LogP contribution in [0.15, 0.2) is 78.9 Å². The summed E-state index contributed by atoms with van der Waals surface area (Å²) in [5, 5.41) is 0.510. The summed E-state index contributed by atoms with van der Waals surface area (Å²) >= 11 is 6.12. The van der Waals surface area contributed by atoms with Crippen LogP contribution in [0.2, 0.25) is 5.02 Å². The maximum absolute atomic E-state index is 14.7. The van der Waals surface area contributed by atoms with Gasteiger partial charge in [-0.3, -0.25) is 14.4 Å². The normalized spacial score (nSPS) is 23.8. The molecule has 0 saturated carbocycles. The van der Waals surface area contributed by atoms with E-state index in [2.05, 4.69) is 0 Å². The molecule has 0 aliphatic carbocycles. The molecule has 2 saturated heterocycles. The number of halogens is 2. The molecule has 5 rings (SSSR count). The Bertz CT molecular complexity index is 1300. The summed E-state index contributed by atoms with van der Waals surface area (Å²) < 4.78 is 14.7. The van der Waals surface area contributed by atoms with E-state index in [1.807, 2.05) is 19.9 Å². The zero-order valence-electron chi connectivity index (χ0n) is 19.3. The van der Waals surface area contributed by atoms with Crippen molar-refractivity contribution in [3.8, 4) is 0 Å². The molecule has 0 N–H and O–H groups in total. The van der Waals surface area contributed by atoms with Crippen LogP contribution in [-0.2, 0) is 9.59 Å². The van der Waals surface area contributed by atoms with Crippen LogP contribution in [-0.4, -0.2) is 28.7 Å². The molecule has 4 atom stereocenters. The summed E-state index contributed by atoms with van der Waals surface area (Å²) in [6.07, 6.45) is 0. The van der Waals surface area contributed by atoms with E-state index < -0.39 is 35.6 Å². The van der Waals surface area contributed by atoms with E-state index in [9.17, 15) is 18.8 Å². The number of para-hydroxylation sites is 1. The van der Waals surface area contributed by atoms with Crippen LogP contribution in [0.5, 0.6) is 0 Å². The van der Waals surface area contributed by atoms with Crippen molar-refractivity contribution in [3.63, 3.8) is 0 Å². The van der Waals surface area contributed by atoms with Gasteiger partial charge in [-0.1, -0.05) is 67.9 Å². The van der Waals surface area contributed by atoms with E-state index in [0.717, 1.165) is 0 Å². The fraction of sp³-hybridized carbons (Fsp3) is 0.250. The number of nitrogens with zero attached hydrogens (tertiary/aromatic N) is 2. The molecule has 2 aliphatic rings. The first kappa shape index (κ1) is 23.2. The van der Waals surface area contributed by atoms with Gasteiger partial charge in [-0.05, 0) is 47.9 Å². The smallest absolute Gasteiger partial charge is 0.257 e. The minimum atomic E-state index is -0.799. The third-order valence-corrected chi connectivity index (χ3v) is 7.23. The third-order valence-electron chi connectivity index (χ3n) is 6.97. The van der Waals surface area contributed by atoms with E-state index in [1.165, 1.54) is 23.1 Å². The Morgan fingerprint density at radius 3 is 2.09 bits per heavy atom. The molecular formula is C28H24ClFN2O3. The van der Waals surface area contributed by atoms with Crippen LogP contribution in [0.3, 0.4) is 0 Å². The zero-order valence-corrected chi connectivity index (χ0v) is 20.0. The van der Waals surface area contributed by atoms with Gasteiger partial charge in [-0.15, -0.1) is 0 Å². The molecular weight excluding hydrogens is 467 g/mol. The second-order valence-electron chi connectivity index (χ2n) is 9.32. The predicted molar refractivity (Wildman–Crippen MR) is 131 cm³/mol. The third kappa shape index (κ3) is 3.73. The van der Waals surface area contributed by atoms with Crippen LogP contribution < -0.4 is 4.90 Å². The first-order chi connectivity index (χ1) is 16.8.